The molecule has 0 unspecified atom stereocenters. The third-order valence-corrected chi connectivity index (χ3v) is 5.90. The molecule has 0 spiro atoms. The van der Waals surface area contributed by atoms with Crippen LogP contribution in [0.1, 0.15) is 29.7 Å². The van der Waals surface area contributed by atoms with Crippen LogP contribution in [0.15, 0.2) is 30.7 Å². The van der Waals surface area contributed by atoms with Crippen LogP contribution >= 0.6 is 11.6 Å². The summed E-state index contributed by atoms with van der Waals surface area (Å²) in [7, 11) is 1.94. The highest BCUT2D eigenvalue weighted by atomic mass is 35.5. The quantitative estimate of drug-likeness (QED) is 0.570. The first-order chi connectivity index (χ1) is 15.0. The number of hydrogen-bond acceptors (Lipinski definition) is 7. The molecule has 31 heavy (non-hydrogen) atoms. The minimum Gasteiger partial charge on any atom is -0.350 e. The van der Waals surface area contributed by atoms with Crippen LogP contribution in [0.25, 0.3) is 0 Å². The molecule has 1 amide bonds. The molecule has 4 heterocycles. The van der Waals surface area contributed by atoms with Crippen molar-refractivity contribution >= 4 is 35.0 Å². The van der Waals surface area contributed by atoms with E-state index < -0.39 is 0 Å². The molecule has 9 nitrogen and oxygen atoms in total. The van der Waals surface area contributed by atoms with Crippen LogP contribution in [-0.4, -0.2) is 43.7 Å². The van der Waals surface area contributed by atoms with Gasteiger partial charge in [0, 0.05) is 31.5 Å². The van der Waals surface area contributed by atoms with Crippen molar-refractivity contribution in [2.45, 2.75) is 38.9 Å². The molecule has 10 heteroatoms. The van der Waals surface area contributed by atoms with Crippen molar-refractivity contribution in [3.8, 4) is 0 Å². The van der Waals surface area contributed by atoms with Gasteiger partial charge in [0.15, 0.2) is 5.82 Å². The molecular weight excluding hydrogens is 416 g/mol. The highest BCUT2D eigenvalue weighted by molar-refractivity contribution is 6.29. The predicted molar refractivity (Wildman–Crippen MR) is 118 cm³/mol. The van der Waals surface area contributed by atoms with E-state index in [9.17, 15) is 4.79 Å². The Morgan fingerprint density at radius 1 is 1.23 bits per heavy atom. The second-order valence-electron chi connectivity index (χ2n) is 8.10. The molecule has 5 rings (SSSR count). The number of carbonyl (C=O) groups is 1. The number of halogens is 1. The monoisotopic (exact) mass is 438 g/mol. The number of nitrogens with one attached hydrogen (secondary N) is 2. The highest BCUT2D eigenvalue weighted by Gasteiger charge is 2.43. The van der Waals surface area contributed by atoms with Gasteiger partial charge in [-0.05, 0) is 37.3 Å². The summed E-state index contributed by atoms with van der Waals surface area (Å²) in [6, 6.07) is 3.55. The van der Waals surface area contributed by atoms with E-state index in [1.165, 1.54) is 0 Å². The Morgan fingerprint density at radius 2 is 2.06 bits per heavy atom. The number of pyridine rings is 1. The number of anilines is 3. The fraction of sp³-hybridized carbons (Fsp3) is 0.381. The Morgan fingerprint density at radius 3 is 2.81 bits per heavy atom. The van der Waals surface area contributed by atoms with E-state index in [1.807, 2.05) is 42.0 Å². The minimum absolute atomic E-state index is 0.0354. The van der Waals surface area contributed by atoms with Gasteiger partial charge in [0.25, 0.3) is 0 Å². The van der Waals surface area contributed by atoms with Gasteiger partial charge in [-0.25, -0.2) is 9.97 Å². The van der Waals surface area contributed by atoms with E-state index in [0.717, 1.165) is 35.5 Å². The summed E-state index contributed by atoms with van der Waals surface area (Å²) in [6.45, 7) is 3.04. The van der Waals surface area contributed by atoms with Crippen LogP contribution < -0.4 is 15.5 Å². The van der Waals surface area contributed by atoms with E-state index in [2.05, 4.69) is 30.7 Å². The van der Waals surface area contributed by atoms with Crippen LogP contribution in [0.3, 0.4) is 0 Å². The minimum atomic E-state index is -0.157. The van der Waals surface area contributed by atoms with Crippen LogP contribution in [0.2, 0.25) is 5.15 Å². The number of likely N-dealkylation sites (N-methyl/N-ethyl adjacent to an activating group) is 1. The Balaban J connectivity index is 1.28. The zero-order valence-corrected chi connectivity index (χ0v) is 18.1. The predicted octanol–water partition coefficient (Wildman–Crippen LogP) is 2.86. The fourth-order valence-corrected chi connectivity index (χ4v) is 4.05. The largest absolute Gasteiger partial charge is 0.350 e. The summed E-state index contributed by atoms with van der Waals surface area (Å²) < 4.78 is 1.85. The smallest absolute Gasteiger partial charge is 0.247 e. The van der Waals surface area contributed by atoms with E-state index in [-0.39, 0.29) is 11.9 Å². The van der Waals surface area contributed by atoms with Gasteiger partial charge in [-0.3, -0.25) is 9.48 Å². The van der Waals surface area contributed by atoms with Crippen LogP contribution in [0, 0.1) is 12.8 Å². The van der Waals surface area contributed by atoms with Gasteiger partial charge in [-0.1, -0.05) is 17.7 Å². The van der Waals surface area contributed by atoms with Gasteiger partial charge in [-0.2, -0.15) is 10.1 Å². The molecule has 0 radical (unpaired) electrons. The van der Waals surface area contributed by atoms with Crippen molar-refractivity contribution < 1.29 is 4.79 Å². The molecule has 3 aromatic heterocycles. The summed E-state index contributed by atoms with van der Waals surface area (Å²) in [4.78, 5) is 27.8. The van der Waals surface area contributed by atoms with Crippen molar-refractivity contribution in [1.82, 2.24) is 24.7 Å². The first-order valence-electron chi connectivity index (χ1n) is 10.3. The Kier molecular flexibility index (Phi) is 4.97. The highest BCUT2D eigenvalue weighted by Crippen LogP contribution is 2.41. The van der Waals surface area contributed by atoms with Gasteiger partial charge in [0.1, 0.15) is 16.9 Å². The first kappa shape index (κ1) is 19.7. The summed E-state index contributed by atoms with van der Waals surface area (Å²) in [6.07, 6.45) is 7.71. The van der Waals surface area contributed by atoms with Crippen molar-refractivity contribution in [1.29, 1.82) is 0 Å². The molecule has 1 aliphatic carbocycles. The fourth-order valence-electron chi connectivity index (χ4n) is 3.94. The number of rotatable bonds is 6. The van der Waals surface area contributed by atoms with Crippen molar-refractivity contribution in [2.75, 3.05) is 22.6 Å². The third-order valence-electron chi connectivity index (χ3n) is 5.68. The average Bonchev–Trinajstić information content (AvgIpc) is 3.47. The summed E-state index contributed by atoms with van der Waals surface area (Å²) >= 11 is 5.84. The van der Waals surface area contributed by atoms with Crippen molar-refractivity contribution in [3.63, 3.8) is 0 Å². The molecule has 1 fully saturated rings. The maximum Gasteiger partial charge on any atom is 0.247 e. The molecule has 1 atom stereocenters. The molecule has 3 aromatic rings. The molecule has 2 N–H and O–H groups in total. The molecule has 0 bridgehead atoms. The number of fused-ring (bicyclic) bond motifs is 1. The first-order valence-corrected chi connectivity index (χ1v) is 10.6. The molecule has 0 saturated heterocycles. The summed E-state index contributed by atoms with van der Waals surface area (Å²) in [5, 5.41) is 11.2. The second-order valence-corrected chi connectivity index (χ2v) is 8.49. The Bertz CT molecular complexity index is 1120. The topological polar surface area (TPSA) is 101 Å². The standard InChI is InChI=1S/C21H23ClN8O/c1-12-17-19(29(2)18(15-4-5-15)20(31)27-17)28-21(26-12)24-8-14-9-25-30(11-14)10-13-3-6-16(22)23-7-13/h3,6-7,9,11,15,18H,4-5,8,10H2,1-2H3,(H,27,31)(H,24,26,28)/t18-/m0/s1. The normalized spacial score (nSPS) is 18.0. The van der Waals surface area contributed by atoms with E-state index in [1.54, 1.807) is 12.3 Å². The molecule has 0 aromatic carbocycles. The Labute approximate surface area is 184 Å². The van der Waals surface area contributed by atoms with Gasteiger partial charge in [0.05, 0.1) is 18.4 Å². The summed E-state index contributed by atoms with van der Waals surface area (Å²) in [5.74, 6) is 1.74. The van der Waals surface area contributed by atoms with Crippen LogP contribution in [0.5, 0.6) is 0 Å². The number of aryl methyl sites for hydroxylation is 1. The lowest BCUT2D eigenvalue weighted by atomic mass is 10.1. The van der Waals surface area contributed by atoms with E-state index >= 15 is 0 Å². The Hall–Kier alpha value is -3.20. The molecule has 1 saturated carbocycles. The maximum atomic E-state index is 12.5. The van der Waals surface area contributed by atoms with Gasteiger partial charge < -0.3 is 15.5 Å². The zero-order chi connectivity index (χ0) is 21.5. The number of aromatic nitrogens is 5. The van der Waals surface area contributed by atoms with E-state index in [0.29, 0.717) is 35.8 Å². The van der Waals surface area contributed by atoms with Gasteiger partial charge in [-0.15, -0.1) is 0 Å². The van der Waals surface area contributed by atoms with E-state index in [4.69, 9.17) is 11.6 Å². The maximum absolute atomic E-state index is 12.5. The number of nitrogens with zero attached hydrogens (tertiary/aromatic N) is 6. The van der Waals surface area contributed by atoms with Gasteiger partial charge in [0.2, 0.25) is 11.9 Å². The average molecular weight is 439 g/mol. The lowest BCUT2D eigenvalue weighted by Gasteiger charge is -2.35. The summed E-state index contributed by atoms with van der Waals surface area (Å²) in [5.41, 5.74) is 3.47. The van der Waals surface area contributed by atoms with Crippen molar-refractivity contribution in [2.24, 2.45) is 5.92 Å². The molecular formula is C21H23ClN8O. The molecule has 1 aliphatic heterocycles. The third kappa shape index (κ3) is 4.05. The van der Waals surface area contributed by atoms with Crippen LogP contribution in [0.4, 0.5) is 17.5 Å². The lowest BCUT2D eigenvalue weighted by molar-refractivity contribution is -0.118. The lowest BCUT2D eigenvalue weighted by Crippen LogP contribution is -2.48. The number of carbonyl (C=O) groups excluding carboxylic acids is 1. The SMILES string of the molecule is Cc1nc(NCc2cnn(Cc3ccc(Cl)nc3)c2)nc2c1NC(=O)[C@H](C1CC1)N2C. The van der Waals surface area contributed by atoms with Crippen molar-refractivity contribution in [3.05, 3.63) is 52.7 Å². The molecule has 160 valence electrons. The zero-order valence-electron chi connectivity index (χ0n) is 17.3. The van der Waals surface area contributed by atoms with Gasteiger partial charge >= 0.3 is 0 Å². The molecule has 2 aliphatic rings. The number of hydrogen-bond donors (Lipinski definition) is 2. The van der Waals surface area contributed by atoms with Crippen LogP contribution in [-0.2, 0) is 17.9 Å². The second kappa shape index (κ2) is 7.81. The number of amides is 1.